The van der Waals surface area contributed by atoms with E-state index in [0.29, 0.717) is 13.2 Å². The molecule has 0 amide bonds. The smallest absolute Gasteiger partial charge is 0.168 e. The second-order valence-electron chi connectivity index (χ2n) is 8.00. The van der Waals surface area contributed by atoms with E-state index < -0.39 is 0 Å². The Hall–Kier alpha value is -0.880. The van der Waals surface area contributed by atoms with E-state index in [1.807, 2.05) is 12.1 Å². The van der Waals surface area contributed by atoms with Gasteiger partial charge < -0.3 is 18.9 Å². The van der Waals surface area contributed by atoms with Gasteiger partial charge in [0.25, 0.3) is 0 Å². The van der Waals surface area contributed by atoms with Gasteiger partial charge in [-0.15, -0.1) is 0 Å². The van der Waals surface area contributed by atoms with Gasteiger partial charge in [0.1, 0.15) is 12.4 Å². The van der Waals surface area contributed by atoms with Gasteiger partial charge >= 0.3 is 0 Å². The van der Waals surface area contributed by atoms with Crippen LogP contribution < -0.4 is 4.74 Å². The SMILES string of the molecule is C=CCOc1ccc(COCCCCCCC2(CCCCCC)OCCO2)cc1Br. The molecular weight excluding hydrogens is 444 g/mol. The average Bonchev–Trinajstić information content (AvgIpc) is 3.21. The Bertz CT molecular complexity index is 599. The van der Waals surface area contributed by atoms with Crippen LogP contribution in [0.25, 0.3) is 0 Å². The van der Waals surface area contributed by atoms with Crippen molar-refractivity contribution in [1.29, 1.82) is 0 Å². The van der Waals surface area contributed by atoms with Crippen molar-refractivity contribution in [2.24, 2.45) is 0 Å². The van der Waals surface area contributed by atoms with Crippen molar-refractivity contribution < 1.29 is 18.9 Å². The average molecular weight is 483 g/mol. The maximum Gasteiger partial charge on any atom is 0.168 e. The normalized spacial score (nSPS) is 15.4. The molecule has 1 aliphatic heterocycles. The second-order valence-corrected chi connectivity index (χ2v) is 8.85. The van der Waals surface area contributed by atoms with Gasteiger partial charge in [-0.3, -0.25) is 0 Å². The van der Waals surface area contributed by atoms with Gasteiger partial charge in [-0.2, -0.15) is 0 Å². The number of hydrogen-bond donors (Lipinski definition) is 0. The van der Waals surface area contributed by atoms with Crippen LogP contribution in [0.4, 0.5) is 0 Å². The van der Waals surface area contributed by atoms with Gasteiger partial charge in [0.15, 0.2) is 5.79 Å². The number of benzene rings is 1. The highest BCUT2D eigenvalue weighted by molar-refractivity contribution is 9.10. The summed E-state index contributed by atoms with van der Waals surface area (Å²) in [7, 11) is 0. The van der Waals surface area contributed by atoms with E-state index in [1.54, 1.807) is 6.08 Å². The topological polar surface area (TPSA) is 36.9 Å². The van der Waals surface area contributed by atoms with Gasteiger partial charge in [-0.1, -0.05) is 57.7 Å². The van der Waals surface area contributed by atoms with Crippen molar-refractivity contribution in [2.45, 2.75) is 83.5 Å². The second kappa shape index (κ2) is 15.0. The highest BCUT2D eigenvalue weighted by Gasteiger charge is 2.35. The fourth-order valence-corrected chi connectivity index (χ4v) is 4.31. The van der Waals surface area contributed by atoms with Crippen LogP contribution >= 0.6 is 15.9 Å². The highest BCUT2D eigenvalue weighted by atomic mass is 79.9. The summed E-state index contributed by atoms with van der Waals surface area (Å²) in [6, 6.07) is 6.07. The quantitative estimate of drug-likeness (QED) is 0.174. The van der Waals surface area contributed by atoms with E-state index in [0.717, 1.165) is 61.3 Å². The van der Waals surface area contributed by atoms with E-state index in [9.17, 15) is 0 Å². The molecule has 0 atom stereocenters. The minimum Gasteiger partial charge on any atom is -0.488 e. The van der Waals surface area contributed by atoms with Crippen LogP contribution in [0.1, 0.15) is 76.7 Å². The molecule has 1 fully saturated rings. The fourth-order valence-electron chi connectivity index (χ4n) is 3.77. The summed E-state index contributed by atoms with van der Waals surface area (Å²) in [6.07, 6.45) is 13.5. The molecule has 1 aromatic carbocycles. The number of unbranched alkanes of at least 4 members (excludes halogenated alkanes) is 6. The molecule has 1 aromatic rings. The maximum absolute atomic E-state index is 5.99. The molecule has 0 saturated carbocycles. The lowest BCUT2D eigenvalue weighted by Gasteiger charge is -2.27. The standard InChI is InChI=1S/C25H39BrO4/c1-3-5-6-9-14-25(29-18-19-30-25)15-10-7-8-11-17-27-21-22-12-13-24(23(26)20-22)28-16-4-2/h4,12-13,20H,2-3,5-11,14-19,21H2,1H3. The van der Waals surface area contributed by atoms with Crippen molar-refractivity contribution in [1.82, 2.24) is 0 Å². The van der Waals surface area contributed by atoms with Gasteiger partial charge in [0.2, 0.25) is 0 Å². The molecule has 4 nitrogen and oxygen atoms in total. The molecule has 0 unspecified atom stereocenters. The summed E-state index contributed by atoms with van der Waals surface area (Å²) in [5.74, 6) is 0.538. The van der Waals surface area contributed by atoms with Gasteiger partial charge in [-0.25, -0.2) is 0 Å². The van der Waals surface area contributed by atoms with Crippen molar-refractivity contribution in [3.8, 4) is 5.75 Å². The molecule has 0 aromatic heterocycles. The van der Waals surface area contributed by atoms with Crippen LogP contribution in [-0.2, 0) is 20.8 Å². The molecule has 0 aliphatic carbocycles. The summed E-state index contributed by atoms with van der Waals surface area (Å²) >= 11 is 3.55. The Labute approximate surface area is 191 Å². The molecule has 170 valence electrons. The van der Waals surface area contributed by atoms with Gasteiger partial charge in [0.05, 0.1) is 24.3 Å². The molecule has 1 aliphatic rings. The predicted molar refractivity (Wildman–Crippen MR) is 126 cm³/mol. The summed E-state index contributed by atoms with van der Waals surface area (Å²) in [5.41, 5.74) is 1.15. The Morgan fingerprint density at radius 1 is 1.03 bits per heavy atom. The molecule has 0 spiro atoms. The monoisotopic (exact) mass is 482 g/mol. The first-order chi connectivity index (χ1) is 14.7. The molecule has 5 heteroatoms. The van der Waals surface area contributed by atoms with Crippen LogP contribution in [0.5, 0.6) is 5.75 Å². The Kier molecular flexibility index (Phi) is 12.7. The van der Waals surface area contributed by atoms with Gasteiger partial charge in [0, 0.05) is 19.4 Å². The van der Waals surface area contributed by atoms with E-state index in [1.165, 1.54) is 38.5 Å². The highest BCUT2D eigenvalue weighted by Crippen LogP contribution is 2.32. The lowest BCUT2D eigenvalue weighted by atomic mass is 10.00. The molecule has 0 bridgehead atoms. The number of rotatable bonds is 17. The van der Waals surface area contributed by atoms with Gasteiger partial charge in [-0.05, 0) is 52.9 Å². The molecule has 1 saturated heterocycles. The number of ether oxygens (including phenoxy) is 4. The van der Waals surface area contributed by atoms with Crippen LogP contribution in [0.15, 0.2) is 35.3 Å². The third-order valence-corrected chi connectivity index (χ3v) is 6.06. The van der Waals surface area contributed by atoms with E-state index in [2.05, 4.69) is 35.5 Å². The third-order valence-electron chi connectivity index (χ3n) is 5.44. The van der Waals surface area contributed by atoms with Crippen LogP contribution in [0.3, 0.4) is 0 Å². The Morgan fingerprint density at radius 2 is 1.73 bits per heavy atom. The van der Waals surface area contributed by atoms with Crippen molar-refractivity contribution >= 4 is 15.9 Å². The molecule has 30 heavy (non-hydrogen) atoms. The minimum atomic E-state index is -0.292. The van der Waals surface area contributed by atoms with E-state index in [-0.39, 0.29) is 5.79 Å². The molecule has 0 N–H and O–H groups in total. The first-order valence-electron chi connectivity index (χ1n) is 11.6. The zero-order valence-electron chi connectivity index (χ0n) is 18.6. The largest absolute Gasteiger partial charge is 0.488 e. The molecule has 0 radical (unpaired) electrons. The van der Waals surface area contributed by atoms with Crippen LogP contribution in [0, 0.1) is 0 Å². The van der Waals surface area contributed by atoms with Crippen LogP contribution in [0.2, 0.25) is 0 Å². The Balaban J connectivity index is 1.54. The zero-order valence-corrected chi connectivity index (χ0v) is 20.2. The number of hydrogen-bond acceptors (Lipinski definition) is 4. The lowest BCUT2D eigenvalue weighted by molar-refractivity contribution is -0.168. The van der Waals surface area contributed by atoms with E-state index in [4.69, 9.17) is 18.9 Å². The first-order valence-corrected chi connectivity index (χ1v) is 12.4. The predicted octanol–water partition coefficient (Wildman–Crippen LogP) is 7.19. The summed E-state index contributed by atoms with van der Waals surface area (Å²) in [6.45, 7) is 9.34. The summed E-state index contributed by atoms with van der Waals surface area (Å²) in [5, 5.41) is 0. The van der Waals surface area contributed by atoms with Crippen LogP contribution in [-0.4, -0.2) is 32.2 Å². The third kappa shape index (κ3) is 9.51. The lowest BCUT2D eigenvalue weighted by Crippen LogP contribution is -2.30. The first kappa shape index (κ1) is 25.4. The molecular formula is C25H39BrO4. The van der Waals surface area contributed by atoms with Crippen molar-refractivity contribution in [3.05, 3.63) is 40.9 Å². The maximum atomic E-state index is 5.99. The van der Waals surface area contributed by atoms with Crippen molar-refractivity contribution in [3.63, 3.8) is 0 Å². The molecule has 1 heterocycles. The number of halogens is 1. The molecule has 2 rings (SSSR count). The fraction of sp³-hybridized carbons (Fsp3) is 0.680. The summed E-state index contributed by atoms with van der Waals surface area (Å²) < 4.78 is 24.3. The van der Waals surface area contributed by atoms with E-state index >= 15 is 0 Å². The van der Waals surface area contributed by atoms with Crippen molar-refractivity contribution in [2.75, 3.05) is 26.4 Å². The minimum absolute atomic E-state index is 0.292. The zero-order chi connectivity index (χ0) is 21.5. The Morgan fingerprint density at radius 3 is 2.40 bits per heavy atom. The summed E-state index contributed by atoms with van der Waals surface area (Å²) in [4.78, 5) is 0.